The Morgan fingerprint density at radius 2 is 1.61 bits per heavy atom. The van der Waals surface area contributed by atoms with Crippen molar-refractivity contribution in [2.75, 3.05) is 38.5 Å². The minimum Gasteiger partial charge on any atom is -0.395 e. The highest BCUT2D eigenvalue weighted by Gasteiger charge is 2.26. The smallest absolute Gasteiger partial charge is 0.243 e. The topological polar surface area (TPSA) is 100 Å². The molecule has 3 rings (SSSR count). The van der Waals surface area contributed by atoms with E-state index >= 15 is 0 Å². The maximum Gasteiger partial charge on any atom is 0.243 e. The van der Waals surface area contributed by atoms with Crippen molar-refractivity contribution in [3.8, 4) is 17.1 Å². The molecule has 0 aliphatic heterocycles. The molecule has 0 radical (unpaired) electrons. The predicted octanol–water partition coefficient (Wildman–Crippen LogP) is 4.89. The molecule has 10 heteroatoms. The standard InChI is InChI=1S/C28H41N5O3S2/c1-7-32(8-2)38(35,36)23-12-9-11-22(19-23)27-30-31-28(37-18-16-29-15-17-34)33(27)26-24(20(3)4)13-10-14-25(26)21(5)6/h9-14,19-21,29,34H,7-8,15-18H2,1-6H3. The van der Waals surface area contributed by atoms with Gasteiger partial charge in [-0.25, -0.2) is 8.42 Å². The van der Waals surface area contributed by atoms with E-state index in [1.54, 1.807) is 30.0 Å². The second kappa shape index (κ2) is 13.7. The average Bonchev–Trinajstić information content (AvgIpc) is 3.32. The van der Waals surface area contributed by atoms with Crippen molar-refractivity contribution in [1.29, 1.82) is 0 Å². The summed E-state index contributed by atoms with van der Waals surface area (Å²) in [4.78, 5) is 0.247. The Balaban J connectivity index is 2.22. The number of nitrogens with zero attached hydrogens (tertiary/aromatic N) is 4. The third kappa shape index (κ3) is 6.66. The highest BCUT2D eigenvalue weighted by atomic mass is 32.2. The molecule has 0 atom stereocenters. The van der Waals surface area contributed by atoms with Gasteiger partial charge >= 0.3 is 0 Å². The summed E-state index contributed by atoms with van der Waals surface area (Å²) in [6.07, 6.45) is 0. The van der Waals surface area contributed by atoms with Gasteiger partial charge in [0.25, 0.3) is 0 Å². The van der Waals surface area contributed by atoms with Crippen LogP contribution >= 0.6 is 11.8 Å². The molecule has 38 heavy (non-hydrogen) atoms. The number of para-hydroxylation sites is 1. The number of rotatable bonds is 14. The van der Waals surface area contributed by atoms with Crippen LogP contribution in [-0.2, 0) is 10.0 Å². The van der Waals surface area contributed by atoms with Crippen molar-refractivity contribution < 1.29 is 13.5 Å². The molecule has 208 valence electrons. The summed E-state index contributed by atoms with van der Waals surface area (Å²) in [5.74, 6) is 1.88. The lowest BCUT2D eigenvalue weighted by Crippen LogP contribution is -2.30. The lowest BCUT2D eigenvalue weighted by molar-refractivity contribution is 0.294. The summed E-state index contributed by atoms with van der Waals surface area (Å²) in [5, 5.41) is 22.2. The van der Waals surface area contributed by atoms with Crippen molar-refractivity contribution in [3.63, 3.8) is 0 Å². The van der Waals surface area contributed by atoms with Crippen LogP contribution in [0.15, 0.2) is 52.5 Å². The second-order valence-corrected chi connectivity index (χ2v) is 12.7. The minimum atomic E-state index is -3.63. The Bertz CT molecular complexity index is 1280. The van der Waals surface area contributed by atoms with Gasteiger partial charge in [0.05, 0.1) is 17.2 Å². The second-order valence-electron chi connectivity index (χ2n) is 9.68. The number of aromatic nitrogens is 3. The number of sulfonamides is 1. The Morgan fingerprint density at radius 1 is 0.974 bits per heavy atom. The Labute approximate surface area is 231 Å². The zero-order chi connectivity index (χ0) is 27.9. The molecular weight excluding hydrogens is 518 g/mol. The molecule has 0 amide bonds. The third-order valence-corrected chi connectivity index (χ3v) is 9.41. The van der Waals surface area contributed by atoms with Gasteiger partial charge in [0.1, 0.15) is 0 Å². The SMILES string of the molecule is CCN(CC)S(=O)(=O)c1cccc(-c2nnc(SCCNCCO)n2-c2c(C(C)C)cccc2C(C)C)c1. The first-order chi connectivity index (χ1) is 18.2. The third-order valence-electron chi connectivity index (χ3n) is 6.43. The molecule has 0 spiro atoms. The molecule has 1 heterocycles. The van der Waals surface area contributed by atoms with Gasteiger partial charge in [0.15, 0.2) is 11.0 Å². The number of aliphatic hydroxyl groups is 1. The molecule has 0 aliphatic carbocycles. The van der Waals surface area contributed by atoms with Gasteiger partial charge in [-0.15, -0.1) is 10.2 Å². The fourth-order valence-corrected chi connectivity index (χ4v) is 6.79. The van der Waals surface area contributed by atoms with E-state index in [1.807, 2.05) is 19.9 Å². The monoisotopic (exact) mass is 559 g/mol. The van der Waals surface area contributed by atoms with Crippen LogP contribution in [0.1, 0.15) is 64.5 Å². The maximum absolute atomic E-state index is 13.3. The van der Waals surface area contributed by atoms with Gasteiger partial charge < -0.3 is 10.4 Å². The number of benzene rings is 2. The molecule has 8 nitrogen and oxygen atoms in total. The lowest BCUT2D eigenvalue weighted by atomic mass is 9.92. The minimum absolute atomic E-state index is 0.0945. The van der Waals surface area contributed by atoms with E-state index in [1.165, 1.54) is 15.4 Å². The summed E-state index contributed by atoms with van der Waals surface area (Å²) in [5.41, 5.74) is 4.12. The number of nitrogens with one attached hydrogen (secondary N) is 1. The van der Waals surface area contributed by atoms with Crippen LogP contribution in [0.2, 0.25) is 0 Å². The van der Waals surface area contributed by atoms with Crippen molar-refractivity contribution in [1.82, 2.24) is 24.4 Å². The first-order valence-corrected chi connectivity index (χ1v) is 15.7. The van der Waals surface area contributed by atoms with Crippen LogP contribution in [0.5, 0.6) is 0 Å². The summed E-state index contributed by atoms with van der Waals surface area (Å²) in [7, 11) is -3.63. The van der Waals surface area contributed by atoms with E-state index in [2.05, 4.69) is 66.0 Å². The van der Waals surface area contributed by atoms with Crippen LogP contribution < -0.4 is 5.32 Å². The molecule has 0 aliphatic rings. The van der Waals surface area contributed by atoms with Crippen LogP contribution in [0.4, 0.5) is 0 Å². The Hall–Kier alpha value is -2.24. The summed E-state index contributed by atoms with van der Waals surface area (Å²) < 4.78 is 30.2. The quantitative estimate of drug-likeness (QED) is 0.214. The van der Waals surface area contributed by atoms with Crippen molar-refractivity contribution in [2.45, 2.75) is 63.4 Å². The molecular formula is C28H41N5O3S2. The molecule has 2 aromatic carbocycles. The van der Waals surface area contributed by atoms with Gasteiger partial charge in [-0.2, -0.15) is 4.31 Å². The molecule has 2 N–H and O–H groups in total. The number of hydrogen-bond donors (Lipinski definition) is 2. The lowest BCUT2D eigenvalue weighted by Gasteiger charge is -2.23. The molecule has 3 aromatic rings. The van der Waals surface area contributed by atoms with Gasteiger partial charge in [-0.1, -0.05) is 83.6 Å². The average molecular weight is 560 g/mol. The molecule has 0 saturated heterocycles. The largest absolute Gasteiger partial charge is 0.395 e. The number of hydrogen-bond acceptors (Lipinski definition) is 7. The highest BCUT2D eigenvalue weighted by Crippen LogP contribution is 2.37. The van der Waals surface area contributed by atoms with Crippen LogP contribution in [0, 0.1) is 0 Å². The van der Waals surface area contributed by atoms with Gasteiger partial charge in [0.2, 0.25) is 10.0 Å². The highest BCUT2D eigenvalue weighted by molar-refractivity contribution is 7.99. The van der Waals surface area contributed by atoms with E-state index in [0.717, 1.165) is 16.6 Å². The maximum atomic E-state index is 13.3. The molecule has 1 aromatic heterocycles. The summed E-state index contributed by atoms with van der Waals surface area (Å²) >= 11 is 1.59. The van der Waals surface area contributed by atoms with Crippen molar-refractivity contribution >= 4 is 21.8 Å². The molecule has 0 saturated carbocycles. The van der Waals surface area contributed by atoms with Gasteiger partial charge in [-0.05, 0) is 35.1 Å². The Kier molecular flexibility index (Phi) is 10.9. The van der Waals surface area contributed by atoms with Crippen LogP contribution in [0.25, 0.3) is 17.1 Å². The summed E-state index contributed by atoms with van der Waals surface area (Å²) in [6, 6.07) is 13.4. The normalized spacial score (nSPS) is 12.3. The van der Waals surface area contributed by atoms with E-state index in [4.69, 9.17) is 5.11 Å². The number of thioether (sulfide) groups is 1. The first-order valence-electron chi connectivity index (χ1n) is 13.3. The van der Waals surface area contributed by atoms with Gasteiger partial charge in [0, 0.05) is 37.5 Å². The fourth-order valence-electron chi connectivity index (χ4n) is 4.45. The fraction of sp³-hybridized carbons (Fsp3) is 0.500. The molecule has 0 unspecified atom stereocenters. The van der Waals surface area contributed by atoms with Crippen LogP contribution in [-0.4, -0.2) is 71.1 Å². The first kappa shape index (κ1) is 30.3. The zero-order valence-corrected chi connectivity index (χ0v) is 24.9. The number of aliphatic hydroxyl groups excluding tert-OH is 1. The van der Waals surface area contributed by atoms with Gasteiger partial charge in [-0.3, -0.25) is 4.57 Å². The molecule has 0 bridgehead atoms. The van der Waals surface area contributed by atoms with E-state index < -0.39 is 10.0 Å². The zero-order valence-electron chi connectivity index (χ0n) is 23.3. The summed E-state index contributed by atoms with van der Waals surface area (Å²) in [6.45, 7) is 14.6. The van der Waals surface area contributed by atoms with E-state index in [9.17, 15) is 8.42 Å². The predicted molar refractivity (Wildman–Crippen MR) is 156 cm³/mol. The van der Waals surface area contributed by atoms with E-state index in [-0.39, 0.29) is 23.3 Å². The van der Waals surface area contributed by atoms with Crippen molar-refractivity contribution in [3.05, 3.63) is 53.6 Å². The van der Waals surface area contributed by atoms with Crippen molar-refractivity contribution in [2.24, 2.45) is 0 Å². The molecule has 0 fully saturated rings. The Morgan fingerprint density at radius 3 is 2.18 bits per heavy atom. The van der Waals surface area contributed by atoms with Crippen LogP contribution in [0.3, 0.4) is 0 Å². The van der Waals surface area contributed by atoms with E-state index in [0.29, 0.717) is 37.6 Å².